The van der Waals surface area contributed by atoms with Crippen molar-refractivity contribution in [2.75, 3.05) is 26.4 Å². The Labute approximate surface area is 191 Å². The first-order chi connectivity index (χ1) is 15.1. The van der Waals surface area contributed by atoms with Crippen molar-refractivity contribution >= 4 is 37.5 Å². The summed E-state index contributed by atoms with van der Waals surface area (Å²) < 4.78 is 24.5. The second kappa shape index (κ2) is 10.2. The molecule has 166 valence electrons. The zero-order valence-electron chi connectivity index (χ0n) is 18.0. The Morgan fingerprint density at radius 3 is 2.35 bits per heavy atom. The number of fused-ring (bicyclic) bond motifs is 2. The van der Waals surface area contributed by atoms with Crippen molar-refractivity contribution in [2.45, 2.75) is 45.0 Å². The lowest BCUT2D eigenvalue weighted by Crippen LogP contribution is -2.28. The van der Waals surface area contributed by atoms with Crippen LogP contribution in [0, 0.1) is 0 Å². The van der Waals surface area contributed by atoms with Gasteiger partial charge in [0, 0.05) is 26.0 Å². The molecule has 6 heteroatoms. The molecular formula is C25H29BrO5. The third-order valence-electron chi connectivity index (χ3n) is 5.67. The second-order valence-electron chi connectivity index (χ2n) is 7.91. The Morgan fingerprint density at radius 1 is 0.968 bits per heavy atom. The molecule has 1 N–H and O–H groups in total. The minimum Gasteiger partial charge on any atom is -0.507 e. The van der Waals surface area contributed by atoms with Crippen LogP contribution in [0.15, 0.2) is 46.9 Å². The molecule has 0 aliphatic carbocycles. The smallest absolute Gasteiger partial charge is 0.135 e. The number of phenols is 1. The van der Waals surface area contributed by atoms with E-state index in [1.54, 1.807) is 0 Å². The minimum atomic E-state index is -0.0483. The SMILES string of the molecule is CCC(COc1c2ccccc2c(O)c2cc(Br)ccc12)OCC(CC)OCC1CO1. The molecule has 4 rings (SSSR count). The lowest BCUT2D eigenvalue weighted by molar-refractivity contribution is -0.0593. The van der Waals surface area contributed by atoms with Gasteiger partial charge in [-0.25, -0.2) is 0 Å². The van der Waals surface area contributed by atoms with Gasteiger partial charge in [-0.1, -0.05) is 54.0 Å². The predicted molar refractivity (Wildman–Crippen MR) is 126 cm³/mol. The lowest BCUT2D eigenvalue weighted by atomic mass is 10.0. The normalized spacial score (nSPS) is 17.7. The van der Waals surface area contributed by atoms with Crippen molar-refractivity contribution in [2.24, 2.45) is 0 Å². The van der Waals surface area contributed by atoms with E-state index in [0.29, 0.717) is 19.8 Å². The molecule has 1 aliphatic heterocycles. The minimum absolute atomic E-state index is 0.0483. The van der Waals surface area contributed by atoms with E-state index in [4.69, 9.17) is 18.9 Å². The number of rotatable bonds is 11. The molecule has 1 heterocycles. The summed E-state index contributed by atoms with van der Waals surface area (Å²) >= 11 is 3.50. The fourth-order valence-corrected chi connectivity index (χ4v) is 4.00. The first-order valence-electron chi connectivity index (χ1n) is 10.9. The molecule has 3 aromatic carbocycles. The maximum atomic E-state index is 10.8. The van der Waals surface area contributed by atoms with Crippen molar-refractivity contribution in [1.29, 1.82) is 0 Å². The van der Waals surface area contributed by atoms with Crippen LogP contribution in [-0.4, -0.2) is 49.8 Å². The first kappa shape index (κ1) is 22.3. The molecule has 0 amide bonds. The average molecular weight is 489 g/mol. The van der Waals surface area contributed by atoms with Gasteiger partial charge < -0.3 is 24.1 Å². The monoisotopic (exact) mass is 488 g/mol. The molecule has 0 saturated carbocycles. The maximum absolute atomic E-state index is 10.8. The summed E-state index contributed by atoms with van der Waals surface area (Å²) in [6, 6.07) is 13.6. The van der Waals surface area contributed by atoms with Crippen molar-refractivity contribution in [3.05, 3.63) is 46.9 Å². The summed E-state index contributed by atoms with van der Waals surface area (Å²) in [6.45, 7) is 6.60. The molecular weight excluding hydrogens is 460 g/mol. The van der Waals surface area contributed by atoms with Gasteiger partial charge >= 0.3 is 0 Å². The number of aromatic hydroxyl groups is 1. The molecule has 0 aromatic heterocycles. The molecule has 3 atom stereocenters. The van der Waals surface area contributed by atoms with Crippen LogP contribution in [-0.2, 0) is 14.2 Å². The van der Waals surface area contributed by atoms with E-state index in [0.717, 1.165) is 51.2 Å². The number of phenolic OH excluding ortho intramolecular Hbond substituents is 1. The van der Waals surface area contributed by atoms with Crippen LogP contribution in [0.5, 0.6) is 11.5 Å². The molecule has 1 fully saturated rings. The number of benzene rings is 3. The van der Waals surface area contributed by atoms with Crippen LogP contribution >= 0.6 is 15.9 Å². The standard InChI is InChI=1S/C25H29BrO5/c1-3-17(29-14-19-15-30-19)12-28-18(4-2)13-31-25-21-8-6-5-7-20(21)24(27)23-11-16(26)9-10-22(23)25/h5-11,17-19,27H,3-4,12-15H2,1-2H3. The fourth-order valence-electron chi connectivity index (χ4n) is 3.64. The van der Waals surface area contributed by atoms with Gasteiger partial charge in [0.2, 0.25) is 0 Å². The van der Waals surface area contributed by atoms with E-state index in [2.05, 4.69) is 29.8 Å². The number of epoxide rings is 1. The van der Waals surface area contributed by atoms with Crippen molar-refractivity contribution in [3.63, 3.8) is 0 Å². The summed E-state index contributed by atoms with van der Waals surface area (Å²) in [4.78, 5) is 0. The number of hydrogen-bond acceptors (Lipinski definition) is 5. The third-order valence-corrected chi connectivity index (χ3v) is 6.16. The van der Waals surface area contributed by atoms with Crippen LogP contribution in [0.4, 0.5) is 0 Å². The Balaban J connectivity index is 1.50. The molecule has 3 unspecified atom stereocenters. The van der Waals surface area contributed by atoms with Crippen LogP contribution in [0.2, 0.25) is 0 Å². The maximum Gasteiger partial charge on any atom is 0.135 e. The molecule has 31 heavy (non-hydrogen) atoms. The van der Waals surface area contributed by atoms with Crippen LogP contribution < -0.4 is 4.74 Å². The van der Waals surface area contributed by atoms with Crippen molar-refractivity contribution < 1.29 is 24.1 Å². The van der Waals surface area contributed by atoms with E-state index in [9.17, 15) is 5.11 Å². The largest absolute Gasteiger partial charge is 0.507 e. The van der Waals surface area contributed by atoms with Crippen LogP contribution in [0.3, 0.4) is 0 Å². The highest BCUT2D eigenvalue weighted by Crippen LogP contribution is 2.42. The number of hydrogen-bond donors (Lipinski definition) is 1. The van der Waals surface area contributed by atoms with Gasteiger partial charge in [-0.2, -0.15) is 0 Å². The Morgan fingerprint density at radius 2 is 1.65 bits per heavy atom. The predicted octanol–water partition coefficient (Wildman–Crippen LogP) is 5.83. The molecule has 0 bridgehead atoms. The summed E-state index contributed by atoms with van der Waals surface area (Å²) in [5.41, 5.74) is 0. The molecule has 0 spiro atoms. The molecule has 0 radical (unpaired) electrons. The molecule has 3 aromatic rings. The fraction of sp³-hybridized carbons (Fsp3) is 0.440. The van der Waals surface area contributed by atoms with Crippen LogP contribution in [0.1, 0.15) is 26.7 Å². The number of halogens is 1. The topological polar surface area (TPSA) is 60.5 Å². The molecule has 1 aliphatic rings. The highest BCUT2D eigenvalue weighted by atomic mass is 79.9. The Bertz CT molecular complexity index is 1030. The van der Waals surface area contributed by atoms with Gasteiger partial charge in [0.15, 0.2) is 0 Å². The van der Waals surface area contributed by atoms with E-state index >= 15 is 0 Å². The van der Waals surface area contributed by atoms with Gasteiger partial charge in [-0.15, -0.1) is 0 Å². The van der Waals surface area contributed by atoms with Gasteiger partial charge in [-0.05, 0) is 31.0 Å². The highest BCUT2D eigenvalue weighted by molar-refractivity contribution is 9.10. The average Bonchev–Trinajstić information content (AvgIpc) is 3.62. The van der Waals surface area contributed by atoms with Crippen molar-refractivity contribution in [3.8, 4) is 11.5 Å². The lowest BCUT2D eigenvalue weighted by Gasteiger charge is -2.22. The third kappa shape index (κ3) is 5.32. The molecule has 5 nitrogen and oxygen atoms in total. The molecule has 1 saturated heterocycles. The summed E-state index contributed by atoms with van der Waals surface area (Å²) in [6.07, 6.45) is 2.00. The highest BCUT2D eigenvalue weighted by Gasteiger charge is 2.24. The van der Waals surface area contributed by atoms with Gasteiger partial charge in [0.05, 0.1) is 32.0 Å². The van der Waals surface area contributed by atoms with Crippen molar-refractivity contribution in [1.82, 2.24) is 0 Å². The zero-order chi connectivity index (χ0) is 21.8. The van der Waals surface area contributed by atoms with Crippen LogP contribution in [0.25, 0.3) is 21.5 Å². The number of ether oxygens (including phenoxy) is 4. The summed E-state index contributed by atoms with van der Waals surface area (Å²) in [5.74, 6) is 1.04. The second-order valence-corrected chi connectivity index (χ2v) is 8.82. The summed E-state index contributed by atoms with van der Waals surface area (Å²) in [7, 11) is 0. The van der Waals surface area contributed by atoms with Gasteiger partial charge in [0.1, 0.15) is 24.2 Å². The first-order valence-corrected chi connectivity index (χ1v) is 11.7. The van der Waals surface area contributed by atoms with E-state index < -0.39 is 0 Å². The van der Waals surface area contributed by atoms with Gasteiger partial charge in [0.25, 0.3) is 0 Å². The summed E-state index contributed by atoms with van der Waals surface area (Å²) in [5, 5.41) is 14.1. The van der Waals surface area contributed by atoms with E-state index in [1.165, 1.54) is 0 Å². The van der Waals surface area contributed by atoms with E-state index in [-0.39, 0.29) is 24.1 Å². The Kier molecular flexibility index (Phi) is 7.33. The van der Waals surface area contributed by atoms with E-state index in [1.807, 2.05) is 42.5 Å². The Hall–Kier alpha value is -1.86. The van der Waals surface area contributed by atoms with Gasteiger partial charge in [-0.3, -0.25) is 0 Å². The zero-order valence-corrected chi connectivity index (χ0v) is 19.6. The quantitative estimate of drug-likeness (QED) is 0.271.